The maximum atomic E-state index is 11.5. The molecule has 0 heterocycles. The number of esters is 3. The SMILES string of the molecule is C.C.C.C.C.C.C.C.C.C.C.C.C.C.C.C.C.C.CC(=O)OCCCCCC(=O)[O-].CC(=O)OCCCCCC(=O)[O-].CCCN(C)C(=O)CCCCCO.CCCN(C)C(=O)CCCCCOC(C)=O.CCCN(C)CCCCS(=O)(=O)O.CCCNC.CCCNC.CCC[NH2+]C.CCC[NH2+]C.CCC[NH2+]C.CCC[NH2+]C.I.II.O=C([O-])CCCCCO.O=C([O-])CCCCCO. The van der Waals surface area contributed by atoms with Gasteiger partial charge in [0.2, 0.25) is 11.8 Å². The number of aliphatic hydroxyl groups is 3. The molecule has 31 nitrogen and oxygen atoms in total. The Morgan fingerprint density at radius 3 is 0.667 bits per heavy atom. The van der Waals surface area contributed by atoms with Crippen molar-refractivity contribution in [2.75, 3.05) is 174 Å². The summed E-state index contributed by atoms with van der Waals surface area (Å²) < 4.78 is 43.2. The molecule has 0 saturated carbocycles. The van der Waals surface area contributed by atoms with Gasteiger partial charge in [0.25, 0.3) is 10.1 Å². The Hall–Kier alpha value is -3.07. The van der Waals surface area contributed by atoms with Gasteiger partial charge in [-0.15, -0.1) is 24.0 Å². The lowest BCUT2D eigenvalue weighted by Crippen LogP contribution is -2.79. The summed E-state index contributed by atoms with van der Waals surface area (Å²) in [6, 6.07) is 0. The first-order chi connectivity index (χ1) is 55.0. The molecule has 0 bridgehead atoms. The Bertz CT molecular complexity index is 1920. The number of amides is 2. The van der Waals surface area contributed by atoms with Gasteiger partial charge in [-0.1, -0.05) is 215 Å². The average molecular weight is 2350 g/mol. The van der Waals surface area contributed by atoms with E-state index in [2.05, 4.69) is 174 Å². The molecule has 0 fully saturated rings. The number of hydrogen-bond acceptors (Lipinski definition) is 24. The van der Waals surface area contributed by atoms with Gasteiger partial charge >= 0.3 is 17.9 Å². The van der Waals surface area contributed by atoms with E-state index in [4.69, 9.17) is 24.6 Å². The zero-order valence-electron chi connectivity index (χ0n) is 77.6. The van der Waals surface area contributed by atoms with Gasteiger partial charge in [0.1, 0.15) is 0 Å². The lowest BCUT2D eigenvalue weighted by molar-refractivity contribution is -0.627. The summed E-state index contributed by atoms with van der Waals surface area (Å²) in [5.74, 6) is -4.59. The number of nitrogens with one attached hydrogen (secondary N) is 2. The first-order valence-electron chi connectivity index (χ1n) is 42.7. The second-order valence-corrected chi connectivity index (χ2v) is 28.0. The molecule has 0 aliphatic carbocycles. The van der Waals surface area contributed by atoms with Crippen molar-refractivity contribution in [3.05, 3.63) is 0 Å². The van der Waals surface area contributed by atoms with Crippen LogP contribution < -0.4 is 52.3 Å². The number of hydrogen-bond donors (Lipinski definition) is 10. The van der Waals surface area contributed by atoms with Crippen molar-refractivity contribution < 1.29 is 127 Å². The molecule has 0 aromatic heterocycles. The fraction of sp³-hybridized carbons (Fsp3) is 0.910. The van der Waals surface area contributed by atoms with Crippen LogP contribution in [0, 0.1) is 0 Å². The summed E-state index contributed by atoms with van der Waals surface area (Å²) in [4.78, 5) is 99.0. The molecule has 0 spiro atoms. The molecule has 0 aromatic carbocycles. The van der Waals surface area contributed by atoms with Crippen LogP contribution in [0.25, 0.3) is 0 Å². The minimum atomic E-state index is -3.75. The number of aliphatic hydroxyl groups excluding tert-OH is 3. The Balaban J connectivity index is -0.0000000270. The lowest BCUT2D eigenvalue weighted by Gasteiger charge is -2.15. The summed E-state index contributed by atoms with van der Waals surface area (Å²) in [5.41, 5.74) is 0. The van der Waals surface area contributed by atoms with Gasteiger partial charge in [0.15, 0.2) is 0 Å². The Labute approximate surface area is 886 Å². The van der Waals surface area contributed by atoms with E-state index in [0.717, 1.165) is 129 Å². The molecular weight excluding hydrogens is 2090 g/mol. The van der Waals surface area contributed by atoms with Gasteiger partial charge in [0.05, 0.1) is 79.9 Å². The van der Waals surface area contributed by atoms with Crippen molar-refractivity contribution in [1.82, 2.24) is 25.3 Å². The maximum Gasteiger partial charge on any atom is 0.302 e. The first-order valence-corrected chi connectivity index (χ1v) is 50.6. The van der Waals surface area contributed by atoms with E-state index in [1.807, 2.05) is 35.2 Å². The van der Waals surface area contributed by atoms with Gasteiger partial charge in [-0.25, -0.2) is 0 Å². The van der Waals surface area contributed by atoms with E-state index in [1.165, 1.54) is 85.5 Å². The minimum Gasteiger partial charge on any atom is -0.550 e. The number of ether oxygens (including phenoxy) is 3. The van der Waals surface area contributed by atoms with E-state index in [9.17, 15) is 72.0 Å². The van der Waals surface area contributed by atoms with Crippen molar-refractivity contribution in [2.24, 2.45) is 0 Å². The minimum absolute atomic E-state index is 0. The summed E-state index contributed by atoms with van der Waals surface area (Å²) in [6.45, 7) is 36.0. The standard InChI is InChI=1S/C12H23NO3.C10H21NO2.C8H19NO3S.2C8H14O4.2C6H12O3.6C4H11N.18CH4.I2.HI/c1-4-9-13(3)12(15)8-6-5-7-10-16-11(2)14;1-3-8-11(2)10(13)7-5-4-6-9-12;1-3-6-9(2)7-4-5-8-13(10,11)12;2*1-7(9)12-6-4-2-3-5-8(10)11;2*7-5-3-1-2-4-6(8)9;6*1-3-4-5-2;;;;;;;;;;;;;;;;;;;1-2;/h4-10H2,1-3H3;12H,3-9H2,1-2H3;3-8H2,1-2H3,(H,10,11,12);2*2-6H2,1H3,(H,10,11);2*7H,1-5H2,(H,8,9);6*5H,3-4H2,1-2H3;18*1H4;;1H. The fourth-order valence-corrected chi connectivity index (χ4v) is 8.67. The highest BCUT2D eigenvalue weighted by Crippen LogP contribution is 2.06. The van der Waals surface area contributed by atoms with Gasteiger partial charge in [0, 0.05) is 142 Å². The van der Waals surface area contributed by atoms with Crippen LogP contribution >= 0.6 is 61.2 Å². The van der Waals surface area contributed by atoms with Crippen LogP contribution in [-0.4, -0.2) is 271 Å². The molecule has 858 valence electrons. The van der Waals surface area contributed by atoms with E-state index in [-0.39, 0.29) is 239 Å². The number of nitrogens with two attached hydrogens (primary N) is 4. The highest BCUT2D eigenvalue weighted by molar-refractivity contribution is 15.0. The average Bonchev–Trinajstić information content (AvgIpc) is 0.990. The molecule has 0 saturated heterocycles. The molecular formula is C100H254I3N9O22S. The maximum absolute atomic E-state index is 11.5. The number of carbonyl (C=O) groups is 9. The monoisotopic (exact) mass is 2350 g/mol. The van der Waals surface area contributed by atoms with E-state index in [1.54, 1.807) is 9.80 Å². The van der Waals surface area contributed by atoms with E-state index < -0.39 is 34.0 Å². The number of halogens is 3. The third-order valence-electron chi connectivity index (χ3n) is 14.2. The molecule has 0 aliphatic rings. The van der Waals surface area contributed by atoms with Gasteiger partial charge in [-0.3, -0.25) is 28.5 Å². The number of unbranched alkanes of at least 4 members (excludes halogenated alkanes) is 13. The van der Waals surface area contributed by atoms with Crippen molar-refractivity contribution in [1.29, 1.82) is 0 Å². The van der Waals surface area contributed by atoms with Crippen LogP contribution in [-0.2, 0) is 67.5 Å². The second kappa shape index (κ2) is 221. The topological polar surface area (TPSA) is 489 Å². The van der Waals surface area contributed by atoms with Crippen molar-refractivity contribution in [2.45, 2.75) is 441 Å². The van der Waals surface area contributed by atoms with Crippen molar-refractivity contribution in [3.8, 4) is 0 Å². The van der Waals surface area contributed by atoms with Gasteiger partial charge < -0.3 is 116 Å². The fourth-order valence-electron chi connectivity index (χ4n) is 8.10. The number of nitrogens with zero attached hydrogens (tertiary/aromatic N) is 3. The number of aliphatic carboxylic acids is 4. The zero-order chi connectivity index (χ0) is 92.6. The molecule has 0 aromatic rings. The molecule has 35 heteroatoms. The van der Waals surface area contributed by atoms with Crippen LogP contribution in [0.15, 0.2) is 0 Å². The normalized spacial score (nSPS) is 8.18. The summed E-state index contributed by atoms with van der Waals surface area (Å²) >= 11 is 4.24. The summed E-state index contributed by atoms with van der Waals surface area (Å²) in [7, 11) is 14.2. The Morgan fingerprint density at radius 2 is 0.526 bits per heavy atom. The Kier molecular flexibility index (Phi) is 379. The Morgan fingerprint density at radius 1 is 0.319 bits per heavy atom. The molecule has 2 amide bonds. The van der Waals surface area contributed by atoms with Crippen molar-refractivity contribution >= 4 is 125 Å². The lowest BCUT2D eigenvalue weighted by atomic mass is 10.2. The second-order valence-electron chi connectivity index (χ2n) is 26.5. The number of quaternary nitrogens is 4. The molecule has 135 heavy (non-hydrogen) atoms. The summed E-state index contributed by atoms with van der Waals surface area (Å²) in [6.07, 6.45) is 27.2. The third kappa shape index (κ3) is 349. The number of carboxylic acids is 4. The van der Waals surface area contributed by atoms with Crippen LogP contribution in [0.3, 0.4) is 0 Å². The first kappa shape index (κ1) is 231. The van der Waals surface area contributed by atoms with Crippen LogP contribution in [0.4, 0.5) is 0 Å². The van der Waals surface area contributed by atoms with Crippen molar-refractivity contribution in [3.63, 3.8) is 0 Å². The molecule has 0 atom stereocenters. The molecule has 0 aliphatic heterocycles. The van der Waals surface area contributed by atoms with E-state index in [0.29, 0.717) is 90.4 Å². The predicted molar refractivity (Wildman–Crippen MR) is 616 cm³/mol. The van der Waals surface area contributed by atoms with Crippen LogP contribution in [0.5, 0.6) is 0 Å². The number of carbonyl (C=O) groups excluding carboxylic acids is 9. The van der Waals surface area contributed by atoms with Crippen LogP contribution in [0.2, 0.25) is 0 Å². The van der Waals surface area contributed by atoms with Crippen LogP contribution in [0.1, 0.15) is 441 Å². The highest BCUT2D eigenvalue weighted by atomic mass is 128. The smallest absolute Gasteiger partial charge is 0.302 e. The summed E-state index contributed by atoms with van der Waals surface area (Å²) in [5, 5.41) is 79.3. The molecule has 0 unspecified atom stereocenters. The molecule has 0 rings (SSSR count). The highest BCUT2D eigenvalue weighted by Gasteiger charge is 2.08. The van der Waals surface area contributed by atoms with Gasteiger partial charge in [-0.2, -0.15) is 8.42 Å². The third-order valence-corrected chi connectivity index (χ3v) is 15.0. The van der Waals surface area contributed by atoms with Gasteiger partial charge in [-0.05, 0) is 240 Å². The predicted octanol–water partition coefficient (Wildman–Crippen LogP) is 16.1. The largest absolute Gasteiger partial charge is 0.550 e. The number of carboxylic acid groups (broad SMARTS) is 4. The quantitative estimate of drug-likeness (QED) is 0.00889. The molecule has 0 radical (unpaired) electrons. The zero-order valence-corrected chi connectivity index (χ0v) is 85.1. The number of rotatable bonds is 56. The molecule has 14 N–H and O–H groups in total. The van der Waals surface area contributed by atoms with E-state index >= 15 is 0 Å².